The fourth-order valence-corrected chi connectivity index (χ4v) is 3.76. The lowest BCUT2D eigenvalue weighted by molar-refractivity contribution is -0.0174. The minimum Gasteiger partial charge on any atom is -0.379 e. The Morgan fingerprint density at radius 2 is 2.04 bits per heavy atom. The van der Waals surface area contributed by atoms with Gasteiger partial charge in [0.05, 0.1) is 13.2 Å². The van der Waals surface area contributed by atoms with Gasteiger partial charge in [-0.15, -0.1) is 0 Å². The van der Waals surface area contributed by atoms with Crippen LogP contribution >= 0.6 is 0 Å². The van der Waals surface area contributed by atoms with E-state index in [1.54, 1.807) is 0 Å². The van der Waals surface area contributed by atoms with Gasteiger partial charge in [0, 0.05) is 51.4 Å². The summed E-state index contributed by atoms with van der Waals surface area (Å²) in [6.07, 6.45) is 3.66. The average molecular weight is 340 g/mol. The first-order valence-electron chi connectivity index (χ1n) is 9.67. The SMILES string of the molecule is CCCN1CCC(NC(=NC)NCC(C)N2CCOCC2C)CC1. The molecule has 2 unspecified atom stereocenters. The summed E-state index contributed by atoms with van der Waals surface area (Å²) in [5, 5.41) is 7.12. The molecule has 2 heterocycles. The van der Waals surface area contributed by atoms with Crippen molar-refractivity contribution in [2.24, 2.45) is 4.99 Å². The van der Waals surface area contributed by atoms with Crippen LogP contribution in [-0.4, -0.2) is 86.9 Å². The molecule has 0 aromatic rings. The van der Waals surface area contributed by atoms with E-state index < -0.39 is 0 Å². The van der Waals surface area contributed by atoms with Crippen LogP contribution in [0.25, 0.3) is 0 Å². The molecule has 0 saturated carbocycles. The molecule has 0 aromatic carbocycles. The third-order valence-electron chi connectivity index (χ3n) is 5.24. The van der Waals surface area contributed by atoms with Gasteiger partial charge in [0.1, 0.15) is 0 Å². The molecule has 140 valence electrons. The molecule has 2 aliphatic heterocycles. The van der Waals surface area contributed by atoms with Gasteiger partial charge < -0.3 is 20.3 Å². The van der Waals surface area contributed by atoms with Crippen molar-refractivity contribution in [1.82, 2.24) is 20.4 Å². The van der Waals surface area contributed by atoms with E-state index in [0.29, 0.717) is 18.1 Å². The van der Waals surface area contributed by atoms with Crippen LogP contribution in [0.2, 0.25) is 0 Å². The smallest absolute Gasteiger partial charge is 0.191 e. The maximum absolute atomic E-state index is 5.53. The lowest BCUT2D eigenvalue weighted by Gasteiger charge is -2.38. The fraction of sp³-hybridized carbons (Fsp3) is 0.944. The first kappa shape index (κ1) is 19.5. The Balaban J connectivity index is 1.70. The Morgan fingerprint density at radius 1 is 1.29 bits per heavy atom. The number of rotatable bonds is 6. The molecular formula is C18H37N5O. The second kappa shape index (κ2) is 10.2. The Morgan fingerprint density at radius 3 is 2.67 bits per heavy atom. The van der Waals surface area contributed by atoms with E-state index in [4.69, 9.17) is 4.74 Å². The molecule has 2 aliphatic rings. The second-order valence-corrected chi connectivity index (χ2v) is 7.22. The largest absolute Gasteiger partial charge is 0.379 e. The van der Waals surface area contributed by atoms with Gasteiger partial charge in [-0.05, 0) is 39.7 Å². The van der Waals surface area contributed by atoms with Crippen LogP contribution in [0, 0.1) is 0 Å². The average Bonchev–Trinajstić information content (AvgIpc) is 2.60. The molecule has 0 spiro atoms. The van der Waals surface area contributed by atoms with Crippen molar-refractivity contribution < 1.29 is 4.74 Å². The molecule has 24 heavy (non-hydrogen) atoms. The Labute approximate surface area is 148 Å². The third-order valence-corrected chi connectivity index (χ3v) is 5.24. The molecule has 2 atom stereocenters. The Kier molecular flexibility index (Phi) is 8.29. The topological polar surface area (TPSA) is 52.1 Å². The summed E-state index contributed by atoms with van der Waals surface area (Å²) in [6, 6.07) is 1.52. The minimum absolute atomic E-state index is 0.480. The summed E-state index contributed by atoms with van der Waals surface area (Å²) in [6.45, 7) is 14.0. The summed E-state index contributed by atoms with van der Waals surface area (Å²) < 4.78 is 5.53. The number of morpholine rings is 1. The first-order chi connectivity index (χ1) is 11.6. The number of likely N-dealkylation sites (tertiary alicyclic amines) is 1. The van der Waals surface area contributed by atoms with Crippen LogP contribution in [0.1, 0.15) is 40.0 Å². The van der Waals surface area contributed by atoms with Gasteiger partial charge in [-0.2, -0.15) is 0 Å². The lowest BCUT2D eigenvalue weighted by Crippen LogP contribution is -2.54. The van der Waals surface area contributed by atoms with Crippen LogP contribution in [0.3, 0.4) is 0 Å². The molecule has 2 fully saturated rings. The van der Waals surface area contributed by atoms with Gasteiger partial charge in [-0.3, -0.25) is 9.89 Å². The molecule has 2 saturated heterocycles. The van der Waals surface area contributed by atoms with Gasteiger partial charge in [-0.1, -0.05) is 6.92 Å². The molecular weight excluding hydrogens is 302 g/mol. The maximum Gasteiger partial charge on any atom is 0.191 e. The van der Waals surface area contributed by atoms with E-state index in [2.05, 4.69) is 46.2 Å². The molecule has 0 radical (unpaired) electrons. The highest BCUT2D eigenvalue weighted by atomic mass is 16.5. The standard InChI is InChI=1S/C18H37N5O/c1-5-8-22-9-6-17(7-10-22)21-18(19-4)20-13-15(2)23-11-12-24-14-16(23)3/h15-17H,5-14H2,1-4H3,(H2,19,20,21). The van der Waals surface area contributed by atoms with Gasteiger partial charge in [-0.25, -0.2) is 0 Å². The molecule has 0 aliphatic carbocycles. The molecule has 6 heteroatoms. The number of nitrogens with one attached hydrogen (secondary N) is 2. The van der Waals surface area contributed by atoms with Gasteiger partial charge in [0.25, 0.3) is 0 Å². The highest BCUT2D eigenvalue weighted by Gasteiger charge is 2.24. The highest BCUT2D eigenvalue weighted by Crippen LogP contribution is 2.11. The van der Waals surface area contributed by atoms with Gasteiger partial charge in [0.2, 0.25) is 0 Å². The maximum atomic E-state index is 5.53. The number of ether oxygens (including phenoxy) is 1. The van der Waals surface area contributed by atoms with Crippen LogP contribution in [0.15, 0.2) is 4.99 Å². The molecule has 6 nitrogen and oxygen atoms in total. The van der Waals surface area contributed by atoms with Crippen molar-refractivity contribution in [3.05, 3.63) is 0 Å². The number of aliphatic imine (C=N–C) groups is 1. The van der Waals surface area contributed by atoms with E-state index in [1.165, 1.54) is 38.9 Å². The summed E-state index contributed by atoms with van der Waals surface area (Å²) in [5.41, 5.74) is 0. The van der Waals surface area contributed by atoms with E-state index >= 15 is 0 Å². The molecule has 2 rings (SSSR count). The number of nitrogens with zero attached hydrogens (tertiary/aromatic N) is 3. The summed E-state index contributed by atoms with van der Waals surface area (Å²) in [5.74, 6) is 0.941. The van der Waals surface area contributed by atoms with Crippen molar-refractivity contribution >= 4 is 5.96 Å². The van der Waals surface area contributed by atoms with Crippen molar-refractivity contribution in [3.8, 4) is 0 Å². The number of guanidine groups is 1. The van der Waals surface area contributed by atoms with E-state index in [9.17, 15) is 0 Å². The predicted octanol–water partition coefficient (Wildman–Crippen LogP) is 1.14. The molecule has 0 bridgehead atoms. The monoisotopic (exact) mass is 339 g/mol. The summed E-state index contributed by atoms with van der Waals surface area (Å²) in [7, 11) is 1.86. The van der Waals surface area contributed by atoms with Crippen molar-refractivity contribution in [1.29, 1.82) is 0 Å². The zero-order chi connectivity index (χ0) is 17.4. The first-order valence-corrected chi connectivity index (χ1v) is 9.67. The zero-order valence-corrected chi connectivity index (χ0v) is 16.1. The van der Waals surface area contributed by atoms with Crippen molar-refractivity contribution in [2.75, 3.05) is 53.0 Å². The number of hydrogen-bond acceptors (Lipinski definition) is 4. The Bertz CT molecular complexity index is 382. The normalized spacial score (nSPS) is 26.3. The third kappa shape index (κ3) is 5.90. The summed E-state index contributed by atoms with van der Waals surface area (Å²) in [4.78, 5) is 9.50. The molecule has 2 N–H and O–H groups in total. The van der Waals surface area contributed by atoms with Crippen molar-refractivity contribution in [2.45, 2.75) is 58.2 Å². The van der Waals surface area contributed by atoms with E-state index in [1.807, 2.05) is 7.05 Å². The van der Waals surface area contributed by atoms with Gasteiger partial charge in [0.15, 0.2) is 5.96 Å². The van der Waals surface area contributed by atoms with Crippen LogP contribution in [0.4, 0.5) is 0 Å². The van der Waals surface area contributed by atoms with E-state index in [-0.39, 0.29) is 0 Å². The number of piperidine rings is 1. The van der Waals surface area contributed by atoms with Crippen molar-refractivity contribution in [3.63, 3.8) is 0 Å². The lowest BCUT2D eigenvalue weighted by atomic mass is 10.1. The fourth-order valence-electron chi connectivity index (χ4n) is 3.76. The van der Waals surface area contributed by atoms with Crippen LogP contribution < -0.4 is 10.6 Å². The zero-order valence-electron chi connectivity index (χ0n) is 16.1. The Hall–Kier alpha value is -0.850. The predicted molar refractivity (Wildman–Crippen MR) is 101 cm³/mol. The van der Waals surface area contributed by atoms with Crippen LogP contribution in [-0.2, 0) is 4.74 Å². The van der Waals surface area contributed by atoms with Gasteiger partial charge >= 0.3 is 0 Å². The second-order valence-electron chi connectivity index (χ2n) is 7.22. The number of hydrogen-bond donors (Lipinski definition) is 2. The highest BCUT2D eigenvalue weighted by molar-refractivity contribution is 5.80. The van der Waals surface area contributed by atoms with Crippen LogP contribution in [0.5, 0.6) is 0 Å². The molecule has 0 amide bonds. The minimum atomic E-state index is 0.480. The quantitative estimate of drug-likeness (QED) is 0.561. The molecule has 0 aromatic heterocycles. The summed E-state index contributed by atoms with van der Waals surface area (Å²) >= 11 is 0. The van der Waals surface area contributed by atoms with E-state index in [0.717, 1.165) is 32.3 Å².